The van der Waals surface area contributed by atoms with E-state index >= 15 is 0 Å². The molecule has 0 aliphatic heterocycles. The standard InChI is InChI=1S/C18H28N2O.ClH/c1-12(2)10-17(16-7-5-4-6-13(16)3)20-18(21)14-8-9-15(19)11-14;/h4-7,12,14-15,17H,8-11,19H2,1-3H3,(H,20,21);1H. The Balaban J connectivity index is 0.00000242. The van der Waals surface area contributed by atoms with Crippen LogP contribution >= 0.6 is 12.4 Å². The Labute approximate surface area is 140 Å². The van der Waals surface area contributed by atoms with Crippen LogP contribution in [0.1, 0.15) is 56.7 Å². The zero-order valence-electron chi connectivity index (χ0n) is 13.8. The summed E-state index contributed by atoms with van der Waals surface area (Å²) in [6, 6.07) is 8.64. The lowest BCUT2D eigenvalue weighted by Gasteiger charge is -2.24. The summed E-state index contributed by atoms with van der Waals surface area (Å²) in [5.41, 5.74) is 8.41. The van der Waals surface area contributed by atoms with Crippen molar-refractivity contribution in [3.63, 3.8) is 0 Å². The summed E-state index contributed by atoms with van der Waals surface area (Å²) < 4.78 is 0. The van der Waals surface area contributed by atoms with Gasteiger partial charge in [0, 0.05) is 12.0 Å². The number of carbonyl (C=O) groups excluding carboxylic acids is 1. The van der Waals surface area contributed by atoms with Crippen LogP contribution < -0.4 is 11.1 Å². The van der Waals surface area contributed by atoms with Crippen molar-refractivity contribution in [3.05, 3.63) is 35.4 Å². The van der Waals surface area contributed by atoms with E-state index in [1.165, 1.54) is 11.1 Å². The molecule has 1 aromatic rings. The number of rotatable bonds is 5. The van der Waals surface area contributed by atoms with Crippen molar-refractivity contribution in [3.8, 4) is 0 Å². The van der Waals surface area contributed by atoms with Crippen molar-refractivity contribution in [2.24, 2.45) is 17.6 Å². The van der Waals surface area contributed by atoms with E-state index in [2.05, 4.69) is 38.2 Å². The van der Waals surface area contributed by atoms with Gasteiger partial charge in [0.25, 0.3) is 0 Å². The van der Waals surface area contributed by atoms with Gasteiger partial charge < -0.3 is 11.1 Å². The fraction of sp³-hybridized carbons (Fsp3) is 0.611. The predicted molar refractivity (Wildman–Crippen MR) is 94.1 cm³/mol. The summed E-state index contributed by atoms with van der Waals surface area (Å²) in [5, 5.41) is 3.27. The second-order valence-electron chi connectivity index (χ2n) is 6.82. The van der Waals surface area contributed by atoms with E-state index in [1.807, 2.05) is 12.1 Å². The maximum atomic E-state index is 12.5. The highest BCUT2D eigenvalue weighted by atomic mass is 35.5. The van der Waals surface area contributed by atoms with Gasteiger partial charge in [-0.15, -0.1) is 12.4 Å². The predicted octanol–water partition coefficient (Wildman–Crippen LogP) is 3.75. The SMILES string of the molecule is Cc1ccccc1C(CC(C)C)NC(=O)C1CCC(N)C1.Cl. The number of nitrogens with one attached hydrogen (secondary N) is 1. The van der Waals surface area contributed by atoms with Gasteiger partial charge in [0.15, 0.2) is 0 Å². The third-order valence-electron chi connectivity index (χ3n) is 4.43. The quantitative estimate of drug-likeness (QED) is 0.866. The fourth-order valence-electron chi connectivity index (χ4n) is 3.26. The molecule has 1 aliphatic rings. The van der Waals surface area contributed by atoms with Crippen LogP contribution in [0.3, 0.4) is 0 Å². The highest BCUT2D eigenvalue weighted by Crippen LogP contribution is 2.28. The monoisotopic (exact) mass is 324 g/mol. The first-order chi connectivity index (χ1) is 9.97. The average molecular weight is 325 g/mol. The maximum absolute atomic E-state index is 12.5. The first-order valence-electron chi connectivity index (χ1n) is 8.09. The normalized spacial score (nSPS) is 22.2. The van der Waals surface area contributed by atoms with E-state index in [1.54, 1.807) is 0 Å². The van der Waals surface area contributed by atoms with Gasteiger partial charge in [-0.3, -0.25) is 4.79 Å². The molecule has 124 valence electrons. The number of amides is 1. The lowest BCUT2D eigenvalue weighted by Crippen LogP contribution is -2.34. The first-order valence-corrected chi connectivity index (χ1v) is 8.09. The molecule has 1 aliphatic carbocycles. The number of carbonyl (C=O) groups is 1. The second kappa shape index (κ2) is 8.54. The molecular formula is C18H29ClN2O. The van der Waals surface area contributed by atoms with Crippen LogP contribution in [-0.2, 0) is 4.79 Å². The van der Waals surface area contributed by atoms with Gasteiger partial charge in [-0.2, -0.15) is 0 Å². The molecule has 1 aromatic carbocycles. The Bertz CT molecular complexity index is 490. The van der Waals surface area contributed by atoms with E-state index < -0.39 is 0 Å². The first kappa shape index (κ1) is 19.0. The van der Waals surface area contributed by atoms with Crippen LogP contribution in [0.5, 0.6) is 0 Å². The molecule has 4 heteroatoms. The third kappa shape index (κ3) is 4.99. The molecule has 0 heterocycles. The number of hydrogen-bond acceptors (Lipinski definition) is 2. The molecular weight excluding hydrogens is 296 g/mol. The van der Waals surface area contributed by atoms with Crippen molar-refractivity contribution in [2.75, 3.05) is 0 Å². The summed E-state index contributed by atoms with van der Waals surface area (Å²) >= 11 is 0. The average Bonchev–Trinajstić information content (AvgIpc) is 2.85. The highest BCUT2D eigenvalue weighted by Gasteiger charge is 2.29. The van der Waals surface area contributed by atoms with Crippen molar-refractivity contribution >= 4 is 18.3 Å². The van der Waals surface area contributed by atoms with Gasteiger partial charge in [-0.25, -0.2) is 0 Å². The Hall–Kier alpha value is -1.06. The van der Waals surface area contributed by atoms with E-state index in [0.717, 1.165) is 25.7 Å². The molecule has 0 saturated heterocycles. The number of aryl methyl sites for hydroxylation is 1. The van der Waals surface area contributed by atoms with Gasteiger partial charge in [-0.1, -0.05) is 38.1 Å². The zero-order chi connectivity index (χ0) is 15.4. The van der Waals surface area contributed by atoms with Crippen LogP contribution in [0.2, 0.25) is 0 Å². The van der Waals surface area contributed by atoms with Gasteiger partial charge >= 0.3 is 0 Å². The molecule has 0 spiro atoms. The summed E-state index contributed by atoms with van der Waals surface area (Å²) in [4.78, 5) is 12.5. The van der Waals surface area contributed by atoms with Crippen LogP contribution in [0.4, 0.5) is 0 Å². The summed E-state index contributed by atoms with van der Waals surface area (Å²) in [6.07, 6.45) is 3.69. The number of nitrogens with two attached hydrogens (primary N) is 1. The molecule has 3 unspecified atom stereocenters. The molecule has 3 nitrogen and oxygen atoms in total. The molecule has 0 aromatic heterocycles. The lowest BCUT2D eigenvalue weighted by molar-refractivity contribution is -0.125. The minimum atomic E-state index is 0. The Morgan fingerprint density at radius 1 is 1.32 bits per heavy atom. The van der Waals surface area contributed by atoms with Crippen LogP contribution in [0.25, 0.3) is 0 Å². The van der Waals surface area contributed by atoms with Crippen LogP contribution in [0, 0.1) is 18.8 Å². The largest absolute Gasteiger partial charge is 0.349 e. The molecule has 22 heavy (non-hydrogen) atoms. The maximum Gasteiger partial charge on any atom is 0.223 e. The van der Waals surface area contributed by atoms with E-state index in [9.17, 15) is 4.79 Å². The van der Waals surface area contributed by atoms with Crippen molar-refractivity contribution in [1.29, 1.82) is 0 Å². The summed E-state index contributed by atoms with van der Waals surface area (Å²) in [5.74, 6) is 0.816. The summed E-state index contributed by atoms with van der Waals surface area (Å²) in [6.45, 7) is 6.51. The zero-order valence-corrected chi connectivity index (χ0v) is 14.7. The second-order valence-corrected chi connectivity index (χ2v) is 6.82. The van der Waals surface area contributed by atoms with Gasteiger partial charge in [0.2, 0.25) is 5.91 Å². The van der Waals surface area contributed by atoms with E-state index in [0.29, 0.717) is 5.92 Å². The minimum absolute atomic E-state index is 0. The van der Waals surface area contributed by atoms with E-state index in [4.69, 9.17) is 5.73 Å². The minimum Gasteiger partial charge on any atom is -0.349 e. The molecule has 0 bridgehead atoms. The van der Waals surface area contributed by atoms with Crippen LogP contribution in [-0.4, -0.2) is 11.9 Å². The fourth-order valence-corrected chi connectivity index (χ4v) is 3.26. The number of hydrogen-bond donors (Lipinski definition) is 2. The Morgan fingerprint density at radius 2 is 2.00 bits per heavy atom. The van der Waals surface area contributed by atoms with E-state index in [-0.39, 0.29) is 36.3 Å². The molecule has 1 fully saturated rings. The van der Waals surface area contributed by atoms with Crippen molar-refractivity contribution < 1.29 is 4.79 Å². The van der Waals surface area contributed by atoms with Gasteiger partial charge in [0.05, 0.1) is 6.04 Å². The smallest absolute Gasteiger partial charge is 0.223 e. The Kier molecular flexibility index (Phi) is 7.37. The van der Waals surface area contributed by atoms with Crippen molar-refractivity contribution in [2.45, 2.75) is 58.5 Å². The van der Waals surface area contributed by atoms with Crippen molar-refractivity contribution in [1.82, 2.24) is 5.32 Å². The lowest BCUT2D eigenvalue weighted by atomic mass is 9.93. The Morgan fingerprint density at radius 3 is 2.55 bits per heavy atom. The molecule has 1 amide bonds. The van der Waals surface area contributed by atoms with Gasteiger partial charge in [0.1, 0.15) is 0 Å². The molecule has 2 rings (SSSR count). The molecule has 3 N–H and O–H groups in total. The third-order valence-corrected chi connectivity index (χ3v) is 4.43. The number of benzene rings is 1. The number of halogens is 1. The molecule has 3 atom stereocenters. The molecule has 1 saturated carbocycles. The highest BCUT2D eigenvalue weighted by molar-refractivity contribution is 5.85. The summed E-state index contributed by atoms with van der Waals surface area (Å²) in [7, 11) is 0. The molecule has 0 radical (unpaired) electrons. The van der Waals surface area contributed by atoms with Crippen LogP contribution in [0.15, 0.2) is 24.3 Å². The van der Waals surface area contributed by atoms with Gasteiger partial charge in [-0.05, 0) is 49.7 Å². The topological polar surface area (TPSA) is 55.1 Å².